The molecule has 1 aliphatic rings. The first kappa shape index (κ1) is 26.0. The van der Waals surface area contributed by atoms with Gasteiger partial charge in [-0.3, -0.25) is 0 Å². The van der Waals surface area contributed by atoms with Crippen molar-refractivity contribution in [2.24, 2.45) is 5.92 Å². The first-order valence-electron chi connectivity index (χ1n) is 11.1. The van der Waals surface area contributed by atoms with Crippen LogP contribution in [0.5, 0.6) is 11.5 Å². The fourth-order valence-corrected chi connectivity index (χ4v) is 4.05. The molecule has 34 heavy (non-hydrogen) atoms. The number of aliphatic hydroxyl groups excluding tert-OH is 1. The van der Waals surface area contributed by atoms with Gasteiger partial charge in [-0.05, 0) is 48.6 Å². The molecular weight excluding hydrogens is 464 g/mol. The number of nitrogens with zero attached hydrogens (tertiary/aromatic N) is 1. The van der Waals surface area contributed by atoms with Crippen molar-refractivity contribution in [1.82, 2.24) is 0 Å². The molecule has 0 spiro atoms. The molecule has 0 radical (unpaired) electrons. The number of hydrogen-bond acceptors (Lipinski definition) is 4. The zero-order chi connectivity index (χ0) is 24.8. The van der Waals surface area contributed by atoms with E-state index in [1.54, 1.807) is 30.3 Å². The van der Waals surface area contributed by atoms with Gasteiger partial charge in [0.05, 0.1) is 6.54 Å². The largest absolute Gasteiger partial charge is 0.573 e. The molecule has 2 aromatic rings. The Bertz CT molecular complexity index is 912. The lowest BCUT2D eigenvalue weighted by Crippen LogP contribution is -2.43. The molecule has 4 nitrogen and oxygen atoms in total. The molecule has 1 fully saturated rings. The minimum atomic E-state index is -4.81. The molecule has 0 bridgehead atoms. The van der Waals surface area contributed by atoms with E-state index >= 15 is 0 Å². The SMILES string of the molecule is OC(CN(CC1CCCCC1)c1cccc(OCc2cccc(OC(F)(F)F)c2)c1)C(F)(F)F. The van der Waals surface area contributed by atoms with Gasteiger partial charge in [-0.15, -0.1) is 13.2 Å². The van der Waals surface area contributed by atoms with Crippen LogP contribution in [-0.2, 0) is 6.61 Å². The second kappa shape index (κ2) is 11.2. The molecule has 1 unspecified atom stereocenters. The molecule has 0 aliphatic heterocycles. The van der Waals surface area contributed by atoms with Gasteiger partial charge in [0.15, 0.2) is 6.10 Å². The number of hydrogen-bond donors (Lipinski definition) is 1. The third-order valence-corrected chi connectivity index (χ3v) is 5.69. The van der Waals surface area contributed by atoms with E-state index in [-0.39, 0.29) is 18.3 Å². The van der Waals surface area contributed by atoms with Crippen LogP contribution < -0.4 is 14.4 Å². The summed E-state index contributed by atoms with van der Waals surface area (Å²) in [5.41, 5.74) is 0.902. The third kappa shape index (κ3) is 8.30. The van der Waals surface area contributed by atoms with Crippen molar-refractivity contribution in [2.75, 3.05) is 18.0 Å². The van der Waals surface area contributed by atoms with Gasteiger partial charge in [-0.2, -0.15) is 13.2 Å². The lowest BCUT2D eigenvalue weighted by molar-refractivity contribution is -0.274. The average molecular weight is 491 g/mol. The average Bonchev–Trinajstić information content (AvgIpc) is 2.76. The number of rotatable bonds is 9. The van der Waals surface area contributed by atoms with E-state index in [2.05, 4.69) is 4.74 Å². The summed E-state index contributed by atoms with van der Waals surface area (Å²) in [4.78, 5) is 1.53. The van der Waals surface area contributed by atoms with Gasteiger partial charge in [0.25, 0.3) is 0 Å². The maximum Gasteiger partial charge on any atom is 0.573 e. The van der Waals surface area contributed by atoms with Gasteiger partial charge in [-0.1, -0.05) is 37.5 Å². The molecule has 0 saturated heterocycles. The number of benzene rings is 2. The Morgan fingerprint density at radius 2 is 1.59 bits per heavy atom. The monoisotopic (exact) mass is 491 g/mol. The summed E-state index contributed by atoms with van der Waals surface area (Å²) in [6.45, 7) is -0.278. The topological polar surface area (TPSA) is 41.9 Å². The summed E-state index contributed by atoms with van der Waals surface area (Å²) in [6.07, 6.45) is -7.02. The van der Waals surface area contributed by atoms with Crippen molar-refractivity contribution in [3.05, 3.63) is 54.1 Å². The van der Waals surface area contributed by atoms with Gasteiger partial charge in [0.1, 0.15) is 18.1 Å². The molecule has 0 heterocycles. The first-order chi connectivity index (χ1) is 16.0. The maximum absolute atomic E-state index is 13.0. The second-order valence-corrected chi connectivity index (χ2v) is 8.45. The highest BCUT2D eigenvalue weighted by Crippen LogP contribution is 2.30. The Hall–Kier alpha value is -2.62. The third-order valence-electron chi connectivity index (χ3n) is 5.69. The minimum absolute atomic E-state index is 0.0632. The predicted molar refractivity (Wildman–Crippen MR) is 115 cm³/mol. The summed E-state index contributed by atoms with van der Waals surface area (Å²) in [6, 6.07) is 11.8. The van der Waals surface area contributed by atoms with E-state index < -0.39 is 25.2 Å². The highest BCUT2D eigenvalue weighted by Gasteiger charge is 2.39. The number of alkyl halides is 6. The second-order valence-electron chi connectivity index (χ2n) is 8.45. The maximum atomic E-state index is 13.0. The van der Waals surface area contributed by atoms with Crippen LogP contribution in [0.4, 0.5) is 32.0 Å². The van der Waals surface area contributed by atoms with Gasteiger partial charge in [0.2, 0.25) is 0 Å². The smallest absolute Gasteiger partial charge is 0.489 e. The van der Waals surface area contributed by atoms with Crippen molar-refractivity contribution in [3.63, 3.8) is 0 Å². The fourth-order valence-electron chi connectivity index (χ4n) is 4.05. The Morgan fingerprint density at radius 3 is 2.26 bits per heavy atom. The van der Waals surface area contributed by atoms with E-state index in [9.17, 15) is 31.4 Å². The van der Waals surface area contributed by atoms with Crippen LogP contribution in [0, 0.1) is 5.92 Å². The zero-order valence-corrected chi connectivity index (χ0v) is 18.4. The molecule has 1 saturated carbocycles. The van der Waals surface area contributed by atoms with Crippen LogP contribution >= 0.6 is 0 Å². The summed E-state index contributed by atoms with van der Waals surface area (Å²) >= 11 is 0. The molecule has 2 aromatic carbocycles. The highest BCUT2D eigenvalue weighted by atomic mass is 19.4. The summed E-state index contributed by atoms with van der Waals surface area (Å²) in [7, 11) is 0. The van der Waals surface area contributed by atoms with Crippen LogP contribution in [0.3, 0.4) is 0 Å². The Kier molecular flexibility index (Phi) is 8.57. The van der Waals surface area contributed by atoms with E-state index in [0.717, 1.165) is 32.1 Å². The van der Waals surface area contributed by atoms with E-state index in [1.807, 2.05) is 0 Å². The van der Waals surface area contributed by atoms with Crippen LogP contribution in [0.25, 0.3) is 0 Å². The molecule has 0 amide bonds. The molecule has 0 aromatic heterocycles. The minimum Gasteiger partial charge on any atom is -0.489 e. The Balaban J connectivity index is 1.71. The number of ether oxygens (including phenoxy) is 2. The van der Waals surface area contributed by atoms with E-state index in [1.165, 1.54) is 23.1 Å². The predicted octanol–water partition coefficient (Wildman–Crippen LogP) is 6.47. The quantitative estimate of drug-likeness (QED) is 0.408. The zero-order valence-electron chi connectivity index (χ0n) is 18.4. The van der Waals surface area contributed by atoms with E-state index in [4.69, 9.17) is 4.74 Å². The van der Waals surface area contributed by atoms with Crippen molar-refractivity contribution in [2.45, 2.75) is 57.4 Å². The van der Waals surface area contributed by atoms with Crippen molar-refractivity contribution in [3.8, 4) is 11.5 Å². The van der Waals surface area contributed by atoms with Crippen molar-refractivity contribution < 1.29 is 40.9 Å². The summed E-state index contributed by atoms with van der Waals surface area (Å²) in [5.74, 6) is 0.201. The van der Waals surface area contributed by atoms with E-state index in [0.29, 0.717) is 23.5 Å². The van der Waals surface area contributed by atoms with Crippen LogP contribution in [0.1, 0.15) is 37.7 Å². The normalized spacial score (nSPS) is 16.2. The van der Waals surface area contributed by atoms with Gasteiger partial charge >= 0.3 is 12.5 Å². The highest BCUT2D eigenvalue weighted by molar-refractivity contribution is 5.51. The Labute approximate surface area is 194 Å². The first-order valence-corrected chi connectivity index (χ1v) is 11.1. The molecular formula is C24H27F6NO3. The van der Waals surface area contributed by atoms with Crippen LogP contribution in [-0.4, -0.2) is 36.8 Å². The number of aliphatic hydroxyl groups is 1. The lowest BCUT2D eigenvalue weighted by Gasteiger charge is -2.33. The standard InChI is InChI=1S/C24H27F6NO3/c25-23(26,27)22(32)15-31(14-17-6-2-1-3-7-17)19-9-5-10-20(13-19)33-16-18-8-4-11-21(12-18)34-24(28,29)30/h4-5,8-13,17,22,32H,1-3,6-7,14-16H2. The lowest BCUT2D eigenvalue weighted by atomic mass is 9.88. The molecule has 1 aliphatic carbocycles. The van der Waals surface area contributed by atoms with Crippen molar-refractivity contribution in [1.29, 1.82) is 0 Å². The van der Waals surface area contributed by atoms with Crippen molar-refractivity contribution >= 4 is 5.69 Å². The van der Waals surface area contributed by atoms with Crippen LogP contribution in [0.2, 0.25) is 0 Å². The molecule has 10 heteroatoms. The summed E-state index contributed by atoms with van der Waals surface area (Å²) in [5, 5.41) is 9.69. The van der Waals surface area contributed by atoms with Crippen LogP contribution in [0.15, 0.2) is 48.5 Å². The Morgan fingerprint density at radius 1 is 0.912 bits per heavy atom. The molecule has 3 rings (SSSR count). The number of anilines is 1. The van der Waals surface area contributed by atoms with Gasteiger partial charge < -0.3 is 19.5 Å². The molecule has 188 valence electrons. The number of halogens is 6. The van der Waals surface area contributed by atoms with Gasteiger partial charge in [0, 0.05) is 18.3 Å². The molecule has 1 N–H and O–H groups in total. The fraction of sp³-hybridized carbons (Fsp3) is 0.500. The molecule has 1 atom stereocenters. The van der Waals surface area contributed by atoms with Gasteiger partial charge in [-0.25, -0.2) is 0 Å². The summed E-state index contributed by atoms with van der Waals surface area (Å²) < 4.78 is 86.0.